The van der Waals surface area contributed by atoms with E-state index in [-0.39, 0.29) is 48.6 Å². The second-order valence-electron chi connectivity index (χ2n) is 17.9. The Labute approximate surface area is 338 Å². The van der Waals surface area contributed by atoms with Crippen molar-refractivity contribution in [2.24, 2.45) is 35.0 Å². The molecule has 9 heteroatoms. The summed E-state index contributed by atoms with van der Waals surface area (Å²) in [6, 6.07) is 32.6. The third-order valence-corrected chi connectivity index (χ3v) is 14.2. The van der Waals surface area contributed by atoms with Gasteiger partial charge >= 0.3 is 5.97 Å². The van der Waals surface area contributed by atoms with Crippen LogP contribution in [0.2, 0.25) is 0 Å². The van der Waals surface area contributed by atoms with Crippen LogP contribution < -0.4 is 16.0 Å². The number of aromatic amines is 1. The van der Waals surface area contributed by atoms with E-state index in [9.17, 15) is 14.4 Å². The van der Waals surface area contributed by atoms with Gasteiger partial charge in [-0.15, -0.1) is 0 Å². The highest BCUT2D eigenvalue weighted by Gasteiger charge is 2.56. The molecule has 0 saturated heterocycles. The molecular formula is C49H50N4O5. The lowest BCUT2D eigenvalue weighted by molar-refractivity contribution is -0.145. The van der Waals surface area contributed by atoms with E-state index in [1.807, 2.05) is 85.1 Å². The number of para-hydroxylation sites is 1. The fourth-order valence-corrected chi connectivity index (χ4v) is 12.3. The van der Waals surface area contributed by atoms with Crippen LogP contribution in [0.4, 0.5) is 0 Å². The first-order valence-corrected chi connectivity index (χ1v) is 21.1. The summed E-state index contributed by atoms with van der Waals surface area (Å²) in [5, 5.41) is 10.3. The van der Waals surface area contributed by atoms with Crippen molar-refractivity contribution < 1.29 is 23.9 Å². The molecule has 1 heterocycles. The van der Waals surface area contributed by atoms with Gasteiger partial charge in [0.05, 0.1) is 11.8 Å². The molecule has 4 N–H and O–H groups in total. The summed E-state index contributed by atoms with van der Waals surface area (Å²) in [5.41, 5.74) is 7.03. The topological polar surface area (TPSA) is 129 Å². The average Bonchev–Trinajstić information content (AvgIpc) is 3.65. The molecule has 12 rings (SSSR count). The minimum absolute atomic E-state index is 0.0878. The molecule has 6 bridgehead atoms. The van der Waals surface area contributed by atoms with Crippen molar-refractivity contribution in [1.82, 2.24) is 20.9 Å². The van der Waals surface area contributed by atoms with Crippen LogP contribution in [0.5, 0.6) is 0 Å². The van der Waals surface area contributed by atoms with Crippen LogP contribution in [0, 0.1) is 35.0 Å². The highest BCUT2D eigenvalue weighted by Crippen LogP contribution is 2.61. The summed E-state index contributed by atoms with van der Waals surface area (Å²) in [6.45, 7) is 0.382. The van der Waals surface area contributed by atoms with Crippen molar-refractivity contribution in [3.8, 4) is 0 Å². The molecule has 58 heavy (non-hydrogen) atoms. The molecule has 0 radical (unpaired) electrons. The van der Waals surface area contributed by atoms with Gasteiger partial charge in [0.15, 0.2) is 0 Å². The monoisotopic (exact) mass is 774 g/mol. The third-order valence-electron chi connectivity index (χ3n) is 14.2. The Kier molecular flexibility index (Phi) is 9.42. The van der Waals surface area contributed by atoms with E-state index in [1.54, 1.807) is 0 Å². The Morgan fingerprint density at radius 2 is 1.22 bits per heavy atom. The minimum atomic E-state index is -1.03. The lowest BCUT2D eigenvalue weighted by atomic mass is 9.49. The second-order valence-corrected chi connectivity index (χ2v) is 17.9. The molecule has 0 spiro atoms. The van der Waals surface area contributed by atoms with Crippen LogP contribution >= 0.6 is 0 Å². The molecule has 1 aromatic heterocycles. The molecule has 0 aliphatic heterocycles. The molecule has 5 aromatic rings. The maximum atomic E-state index is 15.2. The minimum Gasteiger partial charge on any atom is -0.460 e. The lowest BCUT2D eigenvalue weighted by Crippen LogP contribution is -2.58. The average molecular weight is 775 g/mol. The molecule has 296 valence electrons. The number of fused-ring (bicyclic) bond motifs is 2. The fraction of sp³-hybridized carbons (Fsp3) is 0.388. The van der Waals surface area contributed by atoms with Gasteiger partial charge in [0, 0.05) is 41.9 Å². The van der Waals surface area contributed by atoms with E-state index in [0.29, 0.717) is 6.54 Å². The quantitative estimate of drug-likeness (QED) is 0.103. The summed E-state index contributed by atoms with van der Waals surface area (Å²) in [7, 11) is 0. The predicted molar refractivity (Wildman–Crippen MR) is 220 cm³/mol. The predicted octanol–water partition coefficient (Wildman–Crippen LogP) is 6.91. The van der Waals surface area contributed by atoms with Gasteiger partial charge in [-0.05, 0) is 101 Å². The zero-order chi connectivity index (χ0) is 39.4. The van der Waals surface area contributed by atoms with E-state index in [1.165, 1.54) is 38.5 Å². The van der Waals surface area contributed by atoms with Crippen molar-refractivity contribution in [3.63, 3.8) is 0 Å². The summed E-state index contributed by atoms with van der Waals surface area (Å²) < 4.78 is 5.45. The SMILES string of the molecule is O=C(CNC(=O)[C@H](Cc1c[nH]c2ccccc12)NC(=O)C1C2c3ccccc3C(c3ccccc32)C1C(=O)NCC12CC3CC(CC(C3)C1)C2)OCc1ccccc1. The molecule has 4 saturated carbocycles. The van der Waals surface area contributed by atoms with Crippen LogP contribution in [0.25, 0.3) is 10.9 Å². The molecule has 4 aromatic carbocycles. The second kappa shape index (κ2) is 14.9. The highest BCUT2D eigenvalue weighted by molar-refractivity contribution is 5.96. The summed E-state index contributed by atoms with van der Waals surface area (Å²) in [6.07, 6.45) is 9.56. The zero-order valence-corrected chi connectivity index (χ0v) is 32.6. The van der Waals surface area contributed by atoms with Gasteiger partial charge < -0.3 is 25.7 Å². The smallest absolute Gasteiger partial charge is 0.325 e. The maximum Gasteiger partial charge on any atom is 0.325 e. The number of ether oxygens (including phenoxy) is 1. The largest absolute Gasteiger partial charge is 0.460 e. The van der Waals surface area contributed by atoms with E-state index >= 15 is 4.79 Å². The molecule has 2 unspecified atom stereocenters. The van der Waals surface area contributed by atoms with E-state index in [4.69, 9.17) is 4.74 Å². The Balaban J connectivity index is 0.947. The molecule has 4 fully saturated rings. The number of esters is 1. The molecular weight excluding hydrogens is 725 g/mol. The third kappa shape index (κ3) is 6.68. The van der Waals surface area contributed by atoms with E-state index in [2.05, 4.69) is 45.2 Å². The number of hydrogen-bond donors (Lipinski definition) is 4. The number of H-pyrrole nitrogens is 1. The number of aromatic nitrogens is 1. The number of nitrogens with one attached hydrogen (secondary N) is 4. The molecule has 7 aliphatic carbocycles. The number of amides is 3. The Morgan fingerprint density at radius 1 is 0.672 bits per heavy atom. The summed E-state index contributed by atoms with van der Waals surface area (Å²) in [5.74, 6) is -1.36. The standard InChI is InChI=1S/C49H50N4O5/c54-41(58-27-29-10-2-1-3-11-29)26-51-46(55)40(21-33-25-50-39-17-9-8-12-34(33)39)53-48(57)45-43-37-15-6-4-13-35(37)42(36-14-5-7-16-38(36)43)44(45)47(56)52-28-49-22-30-18-31(23-49)20-32(19-30)24-49/h1-17,25,30-32,40,42-45,50H,18-24,26-28H2,(H,51,55)(H,52,56)(H,53,57)/t30?,31?,32?,40-,42?,43?,44?,45?,49?/m0/s1. The van der Waals surface area contributed by atoms with Crippen LogP contribution in [-0.2, 0) is 36.9 Å². The maximum absolute atomic E-state index is 15.2. The van der Waals surface area contributed by atoms with Gasteiger partial charge in [0.2, 0.25) is 17.7 Å². The van der Waals surface area contributed by atoms with Crippen LogP contribution in [0.15, 0.2) is 109 Å². The first-order valence-electron chi connectivity index (χ1n) is 21.1. The van der Waals surface area contributed by atoms with Crippen molar-refractivity contribution in [1.29, 1.82) is 0 Å². The Hall–Kier alpha value is -5.70. The zero-order valence-electron chi connectivity index (χ0n) is 32.6. The fourth-order valence-electron chi connectivity index (χ4n) is 12.3. The van der Waals surface area contributed by atoms with Gasteiger partial charge in [0.1, 0.15) is 19.2 Å². The van der Waals surface area contributed by atoms with Crippen molar-refractivity contribution in [2.75, 3.05) is 13.1 Å². The van der Waals surface area contributed by atoms with Crippen molar-refractivity contribution >= 4 is 34.6 Å². The highest BCUT2D eigenvalue weighted by atomic mass is 16.5. The lowest BCUT2D eigenvalue weighted by Gasteiger charge is -2.57. The van der Waals surface area contributed by atoms with Gasteiger partial charge in [-0.2, -0.15) is 0 Å². The number of hydrogen-bond acceptors (Lipinski definition) is 5. The summed E-state index contributed by atoms with van der Waals surface area (Å²) in [4.78, 5) is 60.4. The van der Waals surface area contributed by atoms with E-state index < -0.39 is 29.8 Å². The first-order chi connectivity index (χ1) is 28.3. The number of carbonyl (C=O) groups is 4. The van der Waals surface area contributed by atoms with Crippen LogP contribution in [0.3, 0.4) is 0 Å². The van der Waals surface area contributed by atoms with Crippen LogP contribution in [0.1, 0.15) is 83.7 Å². The Bertz CT molecular complexity index is 2300. The molecule has 9 nitrogen and oxygen atoms in total. The Morgan fingerprint density at radius 3 is 1.84 bits per heavy atom. The van der Waals surface area contributed by atoms with Crippen molar-refractivity contribution in [2.45, 2.75) is 69.4 Å². The normalized spacial score (nSPS) is 27.6. The summed E-state index contributed by atoms with van der Waals surface area (Å²) >= 11 is 0. The number of benzene rings is 4. The van der Waals surface area contributed by atoms with Crippen LogP contribution in [-0.4, -0.2) is 47.8 Å². The van der Waals surface area contributed by atoms with Gasteiger partial charge in [-0.1, -0.05) is 97.1 Å². The first kappa shape index (κ1) is 36.6. The van der Waals surface area contributed by atoms with Gasteiger partial charge in [-0.3, -0.25) is 19.2 Å². The molecule has 3 amide bonds. The molecule has 3 atom stereocenters. The van der Waals surface area contributed by atoms with E-state index in [0.717, 1.165) is 62.0 Å². The molecule has 7 aliphatic rings. The number of carbonyl (C=O) groups excluding carboxylic acids is 4. The van der Waals surface area contributed by atoms with Gasteiger partial charge in [0.25, 0.3) is 0 Å². The number of rotatable bonds is 12. The van der Waals surface area contributed by atoms with Gasteiger partial charge in [-0.25, -0.2) is 0 Å². The van der Waals surface area contributed by atoms with Crippen molar-refractivity contribution in [3.05, 3.63) is 143 Å².